The van der Waals surface area contributed by atoms with Crippen LogP contribution in [0.5, 0.6) is 5.75 Å². The number of benzene rings is 3. The van der Waals surface area contributed by atoms with E-state index in [1.807, 2.05) is 39.1 Å². The number of carbonyl (C=O) groups is 1. The van der Waals surface area contributed by atoms with Gasteiger partial charge in [-0.2, -0.15) is 0 Å². The fraction of sp³-hybridized carbons (Fsp3) is 0.367. The van der Waals surface area contributed by atoms with Crippen LogP contribution in [0.2, 0.25) is 0 Å². The quantitative estimate of drug-likeness (QED) is 0.415. The summed E-state index contributed by atoms with van der Waals surface area (Å²) in [6.07, 6.45) is -0.357. The fourth-order valence-corrected chi connectivity index (χ4v) is 5.79. The van der Waals surface area contributed by atoms with Crippen LogP contribution in [0.1, 0.15) is 35.3 Å². The van der Waals surface area contributed by atoms with E-state index in [9.17, 15) is 18.3 Å². The highest BCUT2D eigenvalue weighted by atomic mass is 32.2. The maximum absolute atomic E-state index is 13.7. The Morgan fingerprint density at radius 2 is 1.77 bits per heavy atom. The predicted octanol–water partition coefficient (Wildman–Crippen LogP) is 4.15. The molecule has 0 fully saturated rings. The van der Waals surface area contributed by atoms with Crippen molar-refractivity contribution in [3.8, 4) is 5.75 Å². The number of hydrogen-bond acceptors (Lipinski definition) is 6. The Labute approximate surface area is 231 Å². The van der Waals surface area contributed by atoms with Gasteiger partial charge in [-0.15, -0.1) is 0 Å². The summed E-state index contributed by atoms with van der Waals surface area (Å²) in [4.78, 5) is 17.6. The molecule has 3 atom stereocenters. The Balaban J connectivity index is 1.71. The number of para-hydroxylation sites is 1. The van der Waals surface area contributed by atoms with Crippen molar-refractivity contribution in [1.82, 2.24) is 9.80 Å². The minimum atomic E-state index is -3.94. The number of aryl methyl sites for hydroxylation is 1. The molecule has 9 heteroatoms. The number of nitrogens with zero attached hydrogens (tertiary/aromatic N) is 2. The maximum Gasteiger partial charge on any atom is 0.262 e. The molecule has 0 unspecified atom stereocenters. The minimum Gasteiger partial charge on any atom is -0.486 e. The molecule has 1 aliphatic rings. The second kappa shape index (κ2) is 12.2. The van der Waals surface area contributed by atoms with Gasteiger partial charge >= 0.3 is 0 Å². The van der Waals surface area contributed by atoms with Crippen LogP contribution < -0.4 is 9.46 Å². The van der Waals surface area contributed by atoms with E-state index >= 15 is 0 Å². The number of carbonyl (C=O) groups excluding carboxylic acids is 1. The maximum atomic E-state index is 13.7. The highest BCUT2D eigenvalue weighted by Gasteiger charge is 2.35. The topological polar surface area (TPSA) is 99.2 Å². The number of likely N-dealkylation sites (N-methyl/N-ethyl adjacent to an activating group) is 1. The second-order valence-corrected chi connectivity index (χ2v) is 12.1. The molecule has 4 rings (SSSR count). The van der Waals surface area contributed by atoms with Crippen LogP contribution >= 0.6 is 0 Å². The lowest BCUT2D eigenvalue weighted by Crippen LogP contribution is -2.49. The van der Waals surface area contributed by atoms with Crippen molar-refractivity contribution in [2.24, 2.45) is 5.92 Å². The van der Waals surface area contributed by atoms with Gasteiger partial charge in [0.15, 0.2) is 5.75 Å². The van der Waals surface area contributed by atoms with Crippen LogP contribution in [0.3, 0.4) is 0 Å². The summed E-state index contributed by atoms with van der Waals surface area (Å²) in [6, 6.07) is 21.1. The molecule has 3 aromatic carbocycles. The number of aliphatic hydroxyl groups excluding tert-OH is 1. The lowest BCUT2D eigenvalue weighted by molar-refractivity contribution is 0.0344. The van der Waals surface area contributed by atoms with Gasteiger partial charge in [0, 0.05) is 25.6 Å². The average molecular weight is 552 g/mol. The summed E-state index contributed by atoms with van der Waals surface area (Å²) in [5.41, 5.74) is 2.56. The van der Waals surface area contributed by atoms with Gasteiger partial charge < -0.3 is 14.7 Å². The highest BCUT2D eigenvalue weighted by molar-refractivity contribution is 7.92. The minimum absolute atomic E-state index is 0.101. The van der Waals surface area contributed by atoms with E-state index in [0.29, 0.717) is 19.6 Å². The van der Waals surface area contributed by atoms with E-state index in [2.05, 4.69) is 21.8 Å². The van der Waals surface area contributed by atoms with Crippen molar-refractivity contribution >= 4 is 21.6 Å². The lowest BCUT2D eigenvalue weighted by atomic mass is 9.99. The molecular weight excluding hydrogens is 514 g/mol. The SMILES string of the molecule is Cc1ccc(S(=O)(=O)Nc2cccc3c2O[C@@H](CN(C)Cc2ccccc2)[C@@H](C)CN([C@H](C)CO)C3=O)cc1. The summed E-state index contributed by atoms with van der Waals surface area (Å²) in [7, 11) is -1.93. The molecule has 0 aromatic heterocycles. The fourth-order valence-electron chi connectivity index (χ4n) is 4.73. The van der Waals surface area contributed by atoms with Gasteiger partial charge in [0.1, 0.15) is 6.10 Å². The summed E-state index contributed by atoms with van der Waals surface area (Å²) < 4.78 is 35.7. The van der Waals surface area contributed by atoms with Gasteiger partial charge in [-0.05, 0) is 50.7 Å². The van der Waals surface area contributed by atoms with Crippen molar-refractivity contribution in [1.29, 1.82) is 0 Å². The number of amides is 1. The van der Waals surface area contributed by atoms with E-state index in [1.165, 1.54) is 0 Å². The van der Waals surface area contributed by atoms with Gasteiger partial charge in [0.05, 0.1) is 28.8 Å². The van der Waals surface area contributed by atoms with E-state index in [-0.39, 0.29) is 46.4 Å². The first kappa shape index (κ1) is 28.6. The third kappa shape index (κ3) is 6.79. The molecule has 1 heterocycles. The zero-order valence-corrected chi connectivity index (χ0v) is 23.7. The Morgan fingerprint density at radius 3 is 2.44 bits per heavy atom. The van der Waals surface area contributed by atoms with Gasteiger partial charge in [-0.25, -0.2) is 8.42 Å². The molecule has 1 amide bonds. The number of ether oxygens (including phenoxy) is 1. The zero-order valence-electron chi connectivity index (χ0n) is 22.9. The van der Waals surface area contributed by atoms with E-state index in [0.717, 1.165) is 11.1 Å². The summed E-state index contributed by atoms with van der Waals surface area (Å²) >= 11 is 0. The monoisotopic (exact) mass is 551 g/mol. The first-order valence-corrected chi connectivity index (χ1v) is 14.6. The Bertz CT molecular complexity index is 1380. The third-order valence-electron chi connectivity index (χ3n) is 7.05. The van der Waals surface area contributed by atoms with E-state index in [4.69, 9.17) is 4.74 Å². The highest BCUT2D eigenvalue weighted by Crippen LogP contribution is 2.36. The molecule has 2 N–H and O–H groups in total. The van der Waals surface area contributed by atoms with Crippen molar-refractivity contribution in [3.05, 3.63) is 89.5 Å². The van der Waals surface area contributed by atoms with Crippen LogP contribution in [-0.2, 0) is 16.6 Å². The Kier molecular flexibility index (Phi) is 8.94. The van der Waals surface area contributed by atoms with Crippen LogP contribution in [0.15, 0.2) is 77.7 Å². The smallest absolute Gasteiger partial charge is 0.262 e. The first-order chi connectivity index (χ1) is 18.6. The van der Waals surface area contributed by atoms with E-state index in [1.54, 1.807) is 54.3 Å². The van der Waals surface area contributed by atoms with Gasteiger partial charge in [-0.3, -0.25) is 14.4 Å². The van der Waals surface area contributed by atoms with E-state index < -0.39 is 16.1 Å². The molecule has 0 radical (unpaired) electrons. The first-order valence-electron chi connectivity index (χ1n) is 13.1. The zero-order chi connectivity index (χ0) is 28.2. The molecule has 208 valence electrons. The molecular formula is C30H37N3O5S. The van der Waals surface area contributed by atoms with Crippen LogP contribution in [-0.4, -0.2) is 68.1 Å². The number of hydrogen-bond donors (Lipinski definition) is 2. The Morgan fingerprint density at radius 1 is 1.08 bits per heavy atom. The second-order valence-electron chi connectivity index (χ2n) is 10.4. The van der Waals surface area contributed by atoms with Crippen LogP contribution in [0.4, 0.5) is 5.69 Å². The van der Waals surface area contributed by atoms with Crippen LogP contribution in [0.25, 0.3) is 0 Å². The van der Waals surface area contributed by atoms with Crippen molar-refractivity contribution < 1.29 is 23.1 Å². The number of anilines is 1. The number of sulfonamides is 1. The number of rotatable bonds is 9. The van der Waals surface area contributed by atoms with Gasteiger partial charge in [-0.1, -0.05) is 61.0 Å². The number of fused-ring (bicyclic) bond motifs is 1. The van der Waals surface area contributed by atoms with Gasteiger partial charge in [0.2, 0.25) is 0 Å². The largest absolute Gasteiger partial charge is 0.486 e. The molecule has 0 saturated carbocycles. The summed E-state index contributed by atoms with van der Waals surface area (Å²) in [5, 5.41) is 9.90. The summed E-state index contributed by atoms with van der Waals surface area (Å²) in [5.74, 6) is -0.222. The molecule has 0 spiro atoms. The van der Waals surface area contributed by atoms with Crippen molar-refractivity contribution in [2.75, 3.05) is 31.5 Å². The molecule has 3 aromatic rings. The Hall–Kier alpha value is -3.40. The van der Waals surface area contributed by atoms with Crippen molar-refractivity contribution in [2.45, 2.75) is 44.4 Å². The molecule has 0 bridgehead atoms. The van der Waals surface area contributed by atoms with Crippen molar-refractivity contribution in [3.63, 3.8) is 0 Å². The molecule has 8 nitrogen and oxygen atoms in total. The average Bonchev–Trinajstić information content (AvgIpc) is 2.91. The number of aliphatic hydroxyl groups is 1. The normalized spacial score (nSPS) is 18.6. The van der Waals surface area contributed by atoms with Gasteiger partial charge in [0.25, 0.3) is 15.9 Å². The lowest BCUT2D eigenvalue weighted by Gasteiger charge is -2.38. The van der Waals surface area contributed by atoms with Crippen LogP contribution in [0, 0.1) is 12.8 Å². The molecule has 0 aliphatic carbocycles. The third-order valence-corrected chi connectivity index (χ3v) is 8.44. The summed E-state index contributed by atoms with van der Waals surface area (Å²) in [6.45, 7) is 7.15. The predicted molar refractivity (Wildman–Crippen MR) is 152 cm³/mol. The standard InChI is InChI=1S/C30H37N3O5S/c1-21-13-15-25(16-14-21)39(36,37)31-27-12-8-11-26-29(27)38-28(19-32(4)18-24-9-6-5-7-10-24)22(2)17-33(30(26)35)23(3)20-34/h5-16,22-23,28,31,34H,17-20H2,1-4H3/t22-,23+,28-/m0/s1. The molecule has 1 aliphatic heterocycles. The molecule has 39 heavy (non-hydrogen) atoms. The molecule has 0 saturated heterocycles. The number of nitrogens with one attached hydrogen (secondary N) is 1.